The molecule has 166 valence electrons. The van der Waals surface area contributed by atoms with Crippen molar-refractivity contribution < 1.29 is 14.3 Å². The molecule has 32 heavy (non-hydrogen) atoms. The Kier molecular flexibility index (Phi) is 6.75. The van der Waals surface area contributed by atoms with Gasteiger partial charge in [0, 0.05) is 10.7 Å². The number of aromatic nitrogens is 3. The first-order valence-electron chi connectivity index (χ1n) is 10.6. The number of carbonyl (C=O) groups is 1. The lowest BCUT2D eigenvalue weighted by molar-refractivity contribution is -0.139. The zero-order chi connectivity index (χ0) is 22.5. The van der Waals surface area contributed by atoms with Gasteiger partial charge in [0.25, 0.3) is 0 Å². The number of ether oxygens (including phenoxy) is 2. The summed E-state index contributed by atoms with van der Waals surface area (Å²) in [5.74, 6) is 0.985. The first kappa shape index (κ1) is 21.9. The number of nitrogens with zero attached hydrogens (tertiary/aromatic N) is 3. The molecule has 0 amide bonds. The molecule has 0 saturated heterocycles. The van der Waals surface area contributed by atoms with E-state index in [1.54, 1.807) is 11.6 Å². The van der Waals surface area contributed by atoms with Crippen LogP contribution in [0.1, 0.15) is 43.9 Å². The Bertz CT molecular complexity index is 1110. The molecule has 8 heteroatoms. The lowest BCUT2D eigenvalue weighted by Crippen LogP contribution is -2.30. The second-order valence-corrected chi connectivity index (χ2v) is 7.84. The molecule has 4 rings (SSSR count). The van der Waals surface area contributed by atoms with Gasteiger partial charge in [0.2, 0.25) is 5.95 Å². The number of anilines is 1. The Balaban J connectivity index is 1.62. The maximum absolute atomic E-state index is 12.9. The zero-order valence-corrected chi connectivity index (χ0v) is 18.8. The number of hydrogen-bond acceptors (Lipinski definition) is 6. The highest BCUT2D eigenvalue weighted by molar-refractivity contribution is 6.30. The molecule has 3 aromatic rings. The van der Waals surface area contributed by atoms with E-state index in [0.717, 1.165) is 29.0 Å². The van der Waals surface area contributed by atoms with Gasteiger partial charge in [-0.1, -0.05) is 49.2 Å². The normalized spacial score (nSPS) is 15.2. The molecule has 0 spiro atoms. The number of allylic oxidation sites excluding steroid dienone is 1. The minimum atomic E-state index is -0.431. The quantitative estimate of drug-likeness (QED) is 0.476. The van der Waals surface area contributed by atoms with Crippen molar-refractivity contribution in [1.29, 1.82) is 0 Å². The molecule has 0 fully saturated rings. The maximum Gasteiger partial charge on any atom is 0.338 e. The molecule has 7 nitrogen and oxygen atoms in total. The van der Waals surface area contributed by atoms with Gasteiger partial charge in [0.05, 0.1) is 12.2 Å². The van der Waals surface area contributed by atoms with Gasteiger partial charge in [-0.3, -0.25) is 0 Å². The van der Waals surface area contributed by atoms with Gasteiger partial charge in [-0.2, -0.15) is 10.1 Å². The van der Waals surface area contributed by atoms with E-state index in [0.29, 0.717) is 36.2 Å². The highest BCUT2D eigenvalue weighted by Gasteiger charge is 2.35. The SMILES string of the molecule is CCCC1=C(C(=O)OCC)[C@H](c2ccc(OCc3ccc(Cl)cc3)cc2)n2ncnc2N1. The van der Waals surface area contributed by atoms with E-state index in [9.17, 15) is 4.79 Å². The van der Waals surface area contributed by atoms with Crippen LogP contribution in [0, 0.1) is 0 Å². The lowest BCUT2D eigenvalue weighted by atomic mass is 9.94. The second kappa shape index (κ2) is 9.87. The highest BCUT2D eigenvalue weighted by atomic mass is 35.5. The van der Waals surface area contributed by atoms with Crippen molar-refractivity contribution in [3.8, 4) is 5.75 Å². The molecule has 2 heterocycles. The number of carbonyl (C=O) groups excluding carboxylic acids is 1. The third-order valence-electron chi connectivity index (χ3n) is 5.19. The number of benzene rings is 2. The number of halogens is 1. The Morgan fingerprint density at radius 3 is 2.56 bits per heavy atom. The Hall–Kier alpha value is -3.32. The standard InChI is InChI=1S/C24H25ClN4O3/c1-3-5-20-21(23(30)31-4-2)22(29-24(28-20)26-15-27-29)17-8-12-19(13-9-17)32-14-16-6-10-18(25)11-7-16/h6-13,15,22H,3-5,14H2,1-2H3,(H,26,27,28)/t22-/m0/s1. The van der Waals surface area contributed by atoms with Crippen molar-refractivity contribution in [2.24, 2.45) is 0 Å². The number of hydrogen-bond donors (Lipinski definition) is 1. The number of rotatable bonds is 8. The molecule has 0 saturated carbocycles. The van der Waals surface area contributed by atoms with E-state index in [2.05, 4.69) is 22.3 Å². The van der Waals surface area contributed by atoms with Crippen LogP contribution < -0.4 is 10.1 Å². The van der Waals surface area contributed by atoms with Crippen molar-refractivity contribution >= 4 is 23.5 Å². The molecule has 0 radical (unpaired) electrons. The minimum Gasteiger partial charge on any atom is -0.489 e. The molecule has 0 aliphatic carbocycles. The van der Waals surface area contributed by atoms with E-state index < -0.39 is 6.04 Å². The molecule has 1 aliphatic rings. The van der Waals surface area contributed by atoms with Gasteiger partial charge in [-0.15, -0.1) is 0 Å². The van der Waals surface area contributed by atoms with Crippen molar-refractivity contribution in [3.63, 3.8) is 0 Å². The van der Waals surface area contributed by atoms with E-state index in [1.807, 2.05) is 48.5 Å². The van der Waals surface area contributed by atoms with Crippen LogP contribution >= 0.6 is 11.6 Å². The molecule has 1 N–H and O–H groups in total. The van der Waals surface area contributed by atoms with Gasteiger partial charge >= 0.3 is 5.97 Å². The molecule has 2 aromatic carbocycles. The average molecular weight is 453 g/mol. The largest absolute Gasteiger partial charge is 0.489 e. The van der Waals surface area contributed by atoms with E-state index >= 15 is 0 Å². The molecular formula is C24H25ClN4O3. The van der Waals surface area contributed by atoms with Crippen LogP contribution in [0.3, 0.4) is 0 Å². The summed E-state index contributed by atoms with van der Waals surface area (Å²) in [4.78, 5) is 17.2. The molecule has 1 atom stereocenters. The Morgan fingerprint density at radius 2 is 1.88 bits per heavy atom. The maximum atomic E-state index is 12.9. The van der Waals surface area contributed by atoms with Gasteiger partial charge in [0.1, 0.15) is 24.7 Å². The van der Waals surface area contributed by atoms with Crippen molar-refractivity contribution in [1.82, 2.24) is 14.8 Å². The topological polar surface area (TPSA) is 78.3 Å². The van der Waals surface area contributed by atoms with Crippen LogP contribution in [0.5, 0.6) is 5.75 Å². The summed E-state index contributed by atoms with van der Waals surface area (Å²) in [7, 11) is 0. The monoisotopic (exact) mass is 452 g/mol. The average Bonchev–Trinajstić information content (AvgIpc) is 3.27. The van der Waals surface area contributed by atoms with Gasteiger partial charge in [-0.25, -0.2) is 9.48 Å². The van der Waals surface area contributed by atoms with Crippen LogP contribution in [-0.4, -0.2) is 27.3 Å². The number of esters is 1. The summed E-state index contributed by atoms with van der Waals surface area (Å²) < 4.78 is 13.0. The smallest absolute Gasteiger partial charge is 0.338 e. The lowest BCUT2D eigenvalue weighted by Gasteiger charge is -2.29. The van der Waals surface area contributed by atoms with E-state index in [-0.39, 0.29) is 5.97 Å². The molecule has 1 aromatic heterocycles. The fourth-order valence-corrected chi connectivity index (χ4v) is 3.84. The van der Waals surface area contributed by atoms with Crippen LogP contribution in [-0.2, 0) is 16.1 Å². The summed E-state index contributed by atoms with van der Waals surface area (Å²) in [6, 6.07) is 14.8. The van der Waals surface area contributed by atoms with E-state index in [4.69, 9.17) is 21.1 Å². The van der Waals surface area contributed by atoms with Crippen LogP contribution in [0.25, 0.3) is 0 Å². The predicted octanol–water partition coefficient (Wildman–Crippen LogP) is 5.14. The van der Waals surface area contributed by atoms with Crippen molar-refractivity contribution in [2.75, 3.05) is 11.9 Å². The summed E-state index contributed by atoms with van der Waals surface area (Å²) in [6.07, 6.45) is 3.07. The molecule has 1 aliphatic heterocycles. The summed E-state index contributed by atoms with van der Waals surface area (Å²) in [5, 5.41) is 8.32. The number of fused-ring (bicyclic) bond motifs is 1. The van der Waals surface area contributed by atoms with Gasteiger partial charge in [-0.05, 0) is 48.7 Å². The van der Waals surface area contributed by atoms with Crippen LogP contribution in [0.4, 0.5) is 5.95 Å². The minimum absolute atomic E-state index is 0.302. The molecular weight excluding hydrogens is 428 g/mol. The van der Waals surface area contributed by atoms with Gasteiger partial charge in [0.15, 0.2) is 0 Å². The second-order valence-electron chi connectivity index (χ2n) is 7.40. The summed E-state index contributed by atoms with van der Waals surface area (Å²) in [6.45, 7) is 4.61. The van der Waals surface area contributed by atoms with Crippen molar-refractivity contribution in [2.45, 2.75) is 39.3 Å². The fourth-order valence-electron chi connectivity index (χ4n) is 3.71. The predicted molar refractivity (Wildman–Crippen MR) is 123 cm³/mol. The van der Waals surface area contributed by atoms with Crippen LogP contribution in [0.2, 0.25) is 5.02 Å². The fraction of sp³-hybridized carbons (Fsp3) is 0.292. The highest BCUT2D eigenvalue weighted by Crippen LogP contribution is 2.37. The summed E-state index contributed by atoms with van der Waals surface area (Å²) in [5.41, 5.74) is 3.30. The molecule has 0 bridgehead atoms. The first-order valence-corrected chi connectivity index (χ1v) is 11.0. The van der Waals surface area contributed by atoms with E-state index in [1.165, 1.54) is 6.33 Å². The Morgan fingerprint density at radius 1 is 1.12 bits per heavy atom. The first-order chi connectivity index (χ1) is 15.6. The van der Waals surface area contributed by atoms with Crippen LogP contribution in [0.15, 0.2) is 66.1 Å². The Labute approximate surface area is 192 Å². The van der Waals surface area contributed by atoms with Crippen molar-refractivity contribution in [3.05, 3.63) is 82.3 Å². The third-order valence-corrected chi connectivity index (χ3v) is 5.44. The summed E-state index contributed by atoms with van der Waals surface area (Å²) >= 11 is 5.94. The molecule has 0 unspecified atom stereocenters. The van der Waals surface area contributed by atoms with Gasteiger partial charge < -0.3 is 14.8 Å². The zero-order valence-electron chi connectivity index (χ0n) is 18.0. The number of nitrogens with one attached hydrogen (secondary N) is 1. The third kappa shape index (κ3) is 4.62.